The van der Waals surface area contributed by atoms with Gasteiger partial charge in [0.25, 0.3) is 0 Å². The molecule has 13 heavy (non-hydrogen) atoms. The molecule has 0 atom stereocenters. The first-order chi connectivity index (χ1) is 5.82. The number of halogens is 3. The Hall–Kier alpha value is -0.560. The van der Waals surface area contributed by atoms with Crippen molar-refractivity contribution in [3.05, 3.63) is 22.2 Å². The molecule has 0 bridgehead atoms. The lowest BCUT2D eigenvalue weighted by molar-refractivity contribution is 0.544. The minimum absolute atomic E-state index is 0.186. The average Bonchev–Trinajstić information content (AvgIpc) is 1.94. The van der Waals surface area contributed by atoms with Crippen molar-refractivity contribution < 1.29 is 16.7 Å². The molecular formula is C6H4BrF2NO2S. The van der Waals surface area contributed by atoms with Crippen LogP contribution in [-0.4, -0.2) is 13.4 Å². The van der Waals surface area contributed by atoms with E-state index in [0.29, 0.717) is 0 Å². The molecule has 0 N–H and O–H groups in total. The Morgan fingerprint density at radius 1 is 1.54 bits per heavy atom. The second kappa shape index (κ2) is 3.30. The van der Waals surface area contributed by atoms with Crippen molar-refractivity contribution in [3.8, 4) is 0 Å². The minimum Gasteiger partial charge on any atom is -0.223 e. The number of pyridine rings is 1. The predicted octanol–water partition coefficient (Wildman–Crippen LogP) is 1.95. The van der Waals surface area contributed by atoms with Crippen LogP contribution in [0.5, 0.6) is 0 Å². The van der Waals surface area contributed by atoms with Gasteiger partial charge in [0.1, 0.15) is 4.90 Å². The summed E-state index contributed by atoms with van der Waals surface area (Å²) in [6.07, 6.45) is 0. The van der Waals surface area contributed by atoms with E-state index in [9.17, 15) is 16.7 Å². The van der Waals surface area contributed by atoms with Gasteiger partial charge in [-0.05, 0) is 28.9 Å². The Labute approximate surface area is 82.1 Å². The van der Waals surface area contributed by atoms with Crippen molar-refractivity contribution in [1.29, 1.82) is 0 Å². The minimum atomic E-state index is -4.83. The number of hydrogen-bond donors (Lipinski definition) is 0. The van der Waals surface area contributed by atoms with Crippen LogP contribution in [0.4, 0.5) is 8.28 Å². The highest BCUT2D eigenvalue weighted by atomic mass is 79.9. The molecule has 0 radical (unpaired) electrons. The molecule has 3 nitrogen and oxygen atoms in total. The zero-order chi connectivity index (χ0) is 10.2. The number of rotatable bonds is 1. The van der Waals surface area contributed by atoms with E-state index >= 15 is 0 Å². The van der Waals surface area contributed by atoms with Crippen molar-refractivity contribution in [2.75, 3.05) is 0 Å². The normalized spacial score (nSPS) is 11.7. The van der Waals surface area contributed by atoms with Gasteiger partial charge in [-0.25, -0.2) is 4.98 Å². The summed E-state index contributed by atoms with van der Waals surface area (Å²) >= 11 is 2.70. The van der Waals surface area contributed by atoms with Crippen LogP contribution < -0.4 is 0 Å². The first-order valence-corrected chi connectivity index (χ1v) is 5.27. The second-order valence-corrected chi connectivity index (χ2v) is 4.45. The van der Waals surface area contributed by atoms with Gasteiger partial charge in [-0.1, -0.05) is 0 Å². The van der Waals surface area contributed by atoms with Crippen LogP contribution in [0, 0.1) is 12.9 Å². The van der Waals surface area contributed by atoms with Gasteiger partial charge in [0.05, 0.1) is 10.2 Å². The summed E-state index contributed by atoms with van der Waals surface area (Å²) in [5, 5.41) is 0. The summed E-state index contributed by atoms with van der Waals surface area (Å²) in [7, 11) is -4.83. The van der Waals surface area contributed by atoms with Crippen LogP contribution in [0.15, 0.2) is 15.4 Å². The van der Waals surface area contributed by atoms with Gasteiger partial charge in [-0.2, -0.15) is 12.8 Å². The molecule has 0 aromatic carbocycles. The maximum Gasteiger partial charge on any atom is 0.333 e. The van der Waals surface area contributed by atoms with Crippen LogP contribution in [0.25, 0.3) is 0 Å². The van der Waals surface area contributed by atoms with Gasteiger partial charge in [0.15, 0.2) is 0 Å². The SMILES string of the molecule is Cc1nc(F)c(Br)cc1S(=O)(=O)F. The number of aromatic nitrogens is 1. The largest absolute Gasteiger partial charge is 0.333 e. The van der Waals surface area contributed by atoms with Crippen molar-refractivity contribution in [3.63, 3.8) is 0 Å². The predicted molar refractivity (Wildman–Crippen MR) is 44.9 cm³/mol. The molecule has 7 heteroatoms. The molecule has 0 aliphatic carbocycles. The molecule has 0 aliphatic rings. The van der Waals surface area contributed by atoms with Gasteiger partial charge in [0.2, 0.25) is 5.95 Å². The summed E-state index contributed by atoms with van der Waals surface area (Å²) < 4.78 is 45.9. The topological polar surface area (TPSA) is 47.0 Å². The maximum absolute atomic E-state index is 12.7. The third kappa shape index (κ3) is 2.22. The quantitative estimate of drug-likeness (QED) is 0.580. The molecule has 0 unspecified atom stereocenters. The summed E-state index contributed by atoms with van der Waals surface area (Å²) in [5.74, 6) is -0.870. The number of aryl methyl sites for hydroxylation is 1. The van der Waals surface area contributed by atoms with E-state index in [4.69, 9.17) is 0 Å². The van der Waals surface area contributed by atoms with Crippen LogP contribution >= 0.6 is 15.9 Å². The van der Waals surface area contributed by atoms with Crippen molar-refractivity contribution in [2.45, 2.75) is 11.8 Å². The molecule has 0 spiro atoms. The van der Waals surface area contributed by atoms with Crippen molar-refractivity contribution in [1.82, 2.24) is 4.98 Å². The van der Waals surface area contributed by atoms with Gasteiger partial charge in [0, 0.05) is 0 Å². The first kappa shape index (κ1) is 10.5. The number of nitrogens with zero attached hydrogens (tertiary/aromatic N) is 1. The fourth-order valence-corrected chi connectivity index (χ4v) is 1.91. The Balaban J connectivity index is 3.50. The molecule has 0 saturated heterocycles. The smallest absolute Gasteiger partial charge is 0.223 e. The third-order valence-corrected chi connectivity index (χ3v) is 2.83. The van der Waals surface area contributed by atoms with Gasteiger partial charge >= 0.3 is 10.2 Å². The first-order valence-electron chi connectivity index (χ1n) is 3.09. The molecule has 0 saturated carbocycles. The summed E-state index contributed by atoms with van der Waals surface area (Å²) in [5.41, 5.74) is -0.205. The number of hydrogen-bond acceptors (Lipinski definition) is 3. The highest BCUT2D eigenvalue weighted by molar-refractivity contribution is 9.10. The summed E-state index contributed by atoms with van der Waals surface area (Å²) in [6, 6.07) is 0.840. The van der Waals surface area contributed by atoms with E-state index < -0.39 is 21.1 Å². The molecule has 0 amide bonds. The van der Waals surface area contributed by atoms with Gasteiger partial charge in [-0.3, -0.25) is 0 Å². The van der Waals surface area contributed by atoms with Gasteiger partial charge in [-0.15, -0.1) is 3.89 Å². The molecule has 72 valence electrons. The molecule has 1 heterocycles. The van der Waals surface area contributed by atoms with Crippen LogP contribution in [-0.2, 0) is 10.2 Å². The molecule has 0 aliphatic heterocycles. The molecule has 1 aromatic heterocycles. The van der Waals surface area contributed by atoms with Gasteiger partial charge < -0.3 is 0 Å². The molecule has 1 aromatic rings. The average molecular weight is 272 g/mol. The molecule has 0 fully saturated rings. The second-order valence-electron chi connectivity index (χ2n) is 2.28. The van der Waals surface area contributed by atoms with Crippen LogP contribution in [0.1, 0.15) is 5.69 Å². The molecular weight excluding hydrogens is 268 g/mol. The fourth-order valence-electron chi connectivity index (χ4n) is 0.782. The maximum atomic E-state index is 12.7. The highest BCUT2D eigenvalue weighted by Crippen LogP contribution is 2.22. The zero-order valence-electron chi connectivity index (χ0n) is 6.38. The van der Waals surface area contributed by atoms with Crippen molar-refractivity contribution >= 4 is 26.2 Å². The van der Waals surface area contributed by atoms with Crippen LogP contribution in [0.2, 0.25) is 0 Å². The highest BCUT2D eigenvalue weighted by Gasteiger charge is 2.18. The fraction of sp³-hybridized carbons (Fsp3) is 0.167. The van der Waals surface area contributed by atoms with E-state index in [1.807, 2.05) is 0 Å². The standard InChI is InChI=1S/C6H4BrF2NO2S/c1-3-5(13(9,11)12)2-4(7)6(8)10-3/h2H,1H3. The Morgan fingerprint density at radius 3 is 2.54 bits per heavy atom. The molecule has 1 rings (SSSR count). The summed E-state index contributed by atoms with van der Waals surface area (Å²) in [6.45, 7) is 1.21. The Kier molecular flexibility index (Phi) is 2.67. The lowest BCUT2D eigenvalue weighted by atomic mass is 10.4. The lowest BCUT2D eigenvalue weighted by Gasteiger charge is -2.00. The lowest BCUT2D eigenvalue weighted by Crippen LogP contribution is -2.00. The third-order valence-electron chi connectivity index (χ3n) is 1.34. The van der Waals surface area contributed by atoms with E-state index in [0.717, 1.165) is 6.07 Å². The zero-order valence-corrected chi connectivity index (χ0v) is 8.79. The summed E-state index contributed by atoms with van der Waals surface area (Å²) in [4.78, 5) is 2.58. The van der Waals surface area contributed by atoms with E-state index in [-0.39, 0.29) is 10.2 Å². The van der Waals surface area contributed by atoms with Crippen molar-refractivity contribution in [2.24, 2.45) is 0 Å². The Morgan fingerprint density at radius 2 is 2.08 bits per heavy atom. The van der Waals surface area contributed by atoms with E-state index in [2.05, 4.69) is 20.9 Å². The van der Waals surface area contributed by atoms with E-state index in [1.54, 1.807) is 0 Å². The Bertz CT molecular complexity index is 446. The van der Waals surface area contributed by atoms with Crippen LogP contribution in [0.3, 0.4) is 0 Å². The monoisotopic (exact) mass is 271 g/mol. The van der Waals surface area contributed by atoms with E-state index in [1.165, 1.54) is 6.92 Å².